The zero-order valence-corrected chi connectivity index (χ0v) is 13.7. The number of alkyl halides is 6. The fourth-order valence-electron chi connectivity index (χ4n) is 2.11. The predicted octanol–water partition coefficient (Wildman–Crippen LogP) is 6.40. The predicted molar refractivity (Wildman–Crippen MR) is 79.4 cm³/mol. The van der Waals surface area contributed by atoms with E-state index >= 15 is 0 Å². The van der Waals surface area contributed by atoms with E-state index in [1.807, 2.05) is 13.8 Å². The molecule has 1 rings (SSSR count). The van der Waals surface area contributed by atoms with Crippen LogP contribution in [0.2, 0.25) is 0 Å². The average Bonchev–Trinajstić information content (AvgIpc) is 2.42. The maximum absolute atomic E-state index is 12.9. The molecule has 1 unspecified atom stereocenters. The second kappa shape index (κ2) is 7.17. The molecule has 0 N–H and O–H groups in total. The first-order valence-electron chi connectivity index (χ1n) is 7.28. The molecule has 0 saturated carbocycles. The minimum atomic E-state index is -4.86. The van der Waals surface area contributed by atoms with Crippen LogP contribution in [0.5, 0.6) is 0 Å². The van der Waals surface area contributed by atoms with Gasteiger partial charge in [0.25, 0.3) is 0 Å². The van der Waals surface area contributed by atoms with Crippen molar-refractivity contribution in [3.8, 4) is 0 Å². The van der Waals surface area contributed by atoms with Gasteiger partial charge in [-0.2, -0.15) is 26.3 Å². The lowest BCUT2D eigenvalue weighted by atomic mass is 9.90. The molecular formula is C17H20F6O. The van der Waals surface area contributed by atoms with Crippen LogP contribution in [0.4, 0.5) is 26.3 Å². The molecule has 0 amide bonds. The zero-order chi connectivity index (χ0) is 18.8. The molecule has 1 aromatic rings. The number of halogens is 6. The Balaban J connectivity index is 3.11. The molecule has 0 aromatic heterocycles. The van der Waals surface area contributed by atoms with Crippen molar-refractivity contribution in [1.29, 1.82) is 0 Å². The van der Waals surface area contributed by atoms with Gasteiger partial charge >= 0.3 is 12.4 Å². The number of ether oxygens (including phenoxy) is 1. The Morgan fingerprint density at radius 1 is 1.00 bits per heavy atom. The van der Waals surface area contributed by atoms with Crippen molar-refractivity contribution in [1.82, 2.24) is 0 Å². The van der Waals surface area contributed by atoms with Crippen molar-refractivity contribution < 1.29 is 31.1 Å². The molecule has 0 radical (unpaired) electrons. The molecular weight excluding hydrogens is 334 g/mol. The van der Waals surface area contributed by atoms with Crippen LogP contribution in [0.25, 0.3) is 0 Å². The summed E-state index contributed by atoms with van der Waals surface area (Å²) in [6.45, 7) is 8.95. The second-order valence-electron chi connectivity index (χ2n) is 6.45. The van der Waals surface area contributed by atoms with E-state index < -0.39 is 29.6 Å². The van der Waals surface area contributed by atoms with Crippen molar-refractivity contribution in [2.24, 2.45) is 5.41 Å². The fourth-order valence-corrected chi connectivity index (χ4v) is 2.11. The number of hydrogen-bond acceptors (Lipinski definition) is 1. The monoisotopic (exact) mass is 354 g/mol. The number of hydrogen-bond donors (Lipinski definition) is 0. The molecule has 0 heterocycles. The first-order chi connectivity index (χ1) is 10.8. The molecule has 1 nitrogen and oxygen atoms in total. The highest BCUT2D eigenvalue weighted by atomic mass is 19.4. The molecule has 0 fully saturated rings. The Hall–Kier alpha value is -1.50. The average molecular weight is 354 g/mol. The highest BCUT2D eigenvalue weighted by Gasteiger charge is 2.37. The van der Waals surface area contributed by atoms with Gasteiger partial charge < -0.3 is 4.74 Å². The molecule has 0 aliphatic carbocycles. The molecule has 0 bridgehead atoms. The topological polar surface area (TPSA) is 9.23 Å². The van der Waals surface area contributed by atoms with Gasteiger partial charge in [-0.15, -0.1) is 6.58 Å². The van der Waals surface area contributed by atoms with Gasteiger partial charge in [0.05, 0.1) is 23.8 Å². The first-order valence-corrected chi connectivity index (χ1v) is 7.28. The molecule has 0 saturated heterocycles. The van der Waals surface area contributed by atoms with Gasteiger partial charge in [0.15, 0.2) is 0 Å². The Morgan fingerprint density at radius 3 is 1.83 bits per heavy atom. The quantitative estimate of drug-likeness (QED) is 0.424. The van der Waals surface area contributed by atoms with Crippen LogP contribution in [0, 0.1) is 5.41 Å². The Morgan fingerprint density at radius 2 is 1.46 bits per heavy atom. The van der Waals surface area contributed by atoms with Gasteiger partial charge in [-0.05, 0) is 42.5 Å². The van der Waals surface area contributed by atoms with E-state index in [2.05, 4.69) is 6.58 Å². The van der Waals surface area contributed by atoms with E-state index in [1.54, 1.807) is 6.08 Å². The van der Waals surface area contributed by atoms with Crippen molar-refractivity contribution in [3.05, 3.63) is 47.5 Å². The van der Waals surface area contributed by atoms with Crippen LogP contribution >= 0.6 is 0 Å². The molecule has 24 heavy (non-hydrogen) atoms. The summed E-state index contributed by atoms with van der Waals surface area (Å²) in [7, 11) is 0. The minimum Gasteiger partial charge on any atom is -0.373 e. The summed E-state index contributed by atoms with van der Waals surface area (Å²) in [4.78, 5) is 0. The van der Waals surface area contributed by atoms with Gasteiger partial charge in [0.2, 0.25) is 0 Å². The van der Waals surface area contributed by atoms with Gasteiger partial charge in [-0.1, -0.05) is 19.9 Å². The molecule has 0 aliphatic rings. The van der Waals surface area contributed by atoms with Gasteiger partial charge in [-0.25, -0.2) is 0 Å². The molecule has 1 atom stereocenters. The summed E-state index contributed by atoms with van der Waals surface area (Å²) < 4.78 is 82.6. The third kappa shape index (κ3) is 5.85. The summed E-state index contributed by atoms with van der Waals surface area (Å²) >= 11 is 0. The normalized spacial score (nSPS) is 14.5. The number of allylic oxidation sites excluding steroid dienone is 1. The third-order valence-corrected chi connectivity index (χ3v) is 3.50. The summed E-state index contributed by atoms with van der Waals surface area (Å²) in [5.74, 6) is 0. The SMILES string of the molecule is C=CCC(C)(C)COC(C)c1cc(C(F)(F)F)cc(C(F)(F)F)c1. The van der Waals surface area contributed by atoms with E-state index in [0.29, 0.717) is 18.6 Å². The van der Waals surface area contributed by atoms with E-state index in [4.69, 9.17) is 4.74 Å². The van der Waals surface area contributed by atoms with Crippen molar-refractivity contribution in [2.75, 3.05) is 6.61 Å². The van der Waals surface area contributed by atoms with E-state index in [0.717, 1.165) is 0 Å². The van der Waals surface area contributed by atoms with Crippen LogP contribution in [0.15, 0.2) is 30.9 Å². The van der Waals surface area contributed by atoms with Crippen LogP contribution in [-0.2, 0) is 17.1 Å². The Kier molecular flexibility index (Phi) is 6.14. The Bertz CT molecular complexity index is 539. The van der Waals surface area contributed by atoms with E-state index in [9.17, 15) is 26.3 Å². The van der Waals surface area contributed by atoms with Crippen LogP contribution in [0.1, 0.15) is 50.0 Å². The van der Waals surface area contributed by atoms with Crippen LogP contribution in [0.3, 0.4) is 0 Å². The van der Waals surface area contributed by atoms with E-state index in [1.165, 1.54) is 6.92 Å². The third-order valence-electron chi connectivity index (χ3n) is 3.50. The lowest BCUT2D eigenvalue weighted by molar-refractivity contribution is -0.143. The lowest BCUT2D eigenvalue weighted by Gasteiger charge is -2.26. The second-order valence-corrected chi connectivity index (χ2v) is 6.45. The summed E-state index contributed by atoms with van der Waals surface area (Å²) in [6, 6.07) is 1.50. The largest absolute Gasteiger partial charge is 0.416 e. The first kappa shape index (κ1) is 20.5. The van der Waals surface area contributed by atoms with Gasteiger partial charge in [0, 0.05) is 0 Å². The summed E-state index contributed by atoms with van der Waals surface area (Å²) in [5, 5.41) is 0. The van der Waals surface area contributed by atoms with Gasteiger partial charge in [0.1, 0.15) is 0 Å². The lowest BCUT2D eigenvalue weighted by Crippen LogP contribution is -2.20. The molecule has 1 aromatic carbocycles. The van der Waals surface area contributed by atoms with Crippen LogP contribution in [-0.4, -0.2) is 6.61 Å². The minimum absolute atomic E-state index is 0.109. The zero-order valence-electron chi connectivity index (χ0n) is 13.7. The molecule has 7 heteroatoms. The maximum atomic E-state index is 12.9. The molecule has 136 valence electrons. The summed E-state index contributed by atoms with van der Waals surface area (Å²) in [5.41, 5.74) is -3.15. The van der Waals surface area contributed by atoms with Crippen molar-refractivity contribution in [2.45, 2.75) is 45.6 Å². The van der Waals surface area contributed by atoms with E-state index in [-0.39, 0.29) is 23.7 Å². The smallest absolute Gasteiger partial charge is 0.373 e. The maximum Gasteiger partial charge on any atom is 0.416 e. The highest BCUT2D eigenvalue weighted by Crippen LogP contribution is 2.38. The fraction of sp³-hybridized carbons (Fsp3) is 0.529. The summed E-state index contributed by atoms with van der Waals surface area (Å²) in [6.07, 6.45) is -8.34. The van der Waals surface area contributed by atoms with Gasteiger partial charge in [-0.3, -0.25) is 0 Å². The highest BCUT2D eigenvalue weighted by molar-refractivity contribution is 5.34. The standard InChI is InChI=1S/C17H20F6O/c1-5-6-15(3,4)10-24-11(2)12-7-13(16(18,19)20)9-14(8-12)17(21,22)23/h5,7-9,11H,1,6,10H2,2-4H3. The van der Waals surface area contributed by atoms with Crippen molar-refractivity contribution >= 4 is 0 Å². The molecule has 0 spiro atoms. The number of benzene rings is 1. The van der Waals surface area contributed by atoms with Crippen LogP contribution < -0.4 is 0 Å². The molecule has 0 aliphatic heterocycles. The van der Waals surface area contributed by atoms with Crippen molar-refractivity contribution in [3.63, 3.8) is 0 Å². The number of rotatable bonds is 6. The Labute approximate surface area is 137 Å².